The number of esters is 1. The summed E-state index contributed by atoms with van der Waals surface area (Å²) >= 11 is 3.08. The molecule has 0 aromatic heterocycles. The number of amides is 2. The minimum atomic E-state index is -0.375. The smallest absolute Gasteiger partial charge is 0.306 e. The van der Waals surface area contributed by atoms with Crippen LogP contribution in [0.25, 0.3) is 0 Å². The Bertz CT molecular complexity index is 832. The molecule has 12 nitrogen and oxygen atoms in total. The van der Waals surface area contributed by atoms with Crippen molar-refractivity contribution >= 4 is 33.7 Å². The molecule has 0 unspecified atom stereocenters. The summed E-state index contributed by atoms with van der Waals surface area (Å²) in [7, 11) is 0. The topological polar surface area (TPSA) is 140 Å². The number of nitrogens with one attached hydrogen (secondary N) is 2. The second-order valence-corrected chi connectivity index (χ2v) is 14.8. The molecule has 0 heterocycles. The van der Waals surface area contributed by atoms with Gasteiger partial charge in [0.1, 0.15) is 5.60 Å². The fraction of sp³-hybridized carbons (Fsp3) is 0.925. The van der Waals surface area contributed by atoms with Crippen LogP contribution in [0.15, 0.2) is 0 Å². The summed E-state index contributed by atoms with van der Waals surface area (Å²) in [5.41, 5.74) is -0.375. The highest BCUT2D eigenvalue weighted by atomic mass is 79.9. The maximum absolute atomic E-state index is 12.0. The van der Waals surface area contributed by atoms with E-state index in [-0.39, 0.29) is 23.4 Å². The molecule has 0 bridgehead atoms. The van der Waals surface area contributed by atoms with Crippen molar-refractivity contribution in [3.8, 4) is 0 Å². The second kappa shape index (κ2) is 40.3. The quantitative estimate of drug-likeness (QED) is 0.0374. The number of carbonyl (C=O) groups excluding carboxylic acids is 3. The summed E-state index contributed by atoms with van der Waals surface area (Å²) in [5.74, 6) is -0.0220. The molecule has 0 aromatic rings. The fourth-order valence-corrected chi connectivity index (χ4v) is 5.48. The number of alkyl halides is 1. The fourth-order valence-electron chi connectivity index (χ4n) is 5.28. The molecule has 2 N–H and O–H groups in total. The van der Waals surface area contributed by atoms with Crippen LogP contribution in [-0.2, 0) is 47.5 Å². The zero-order valence-electron chi connectivity index (χ0n) is 33.8. The Morgan fingerprint density at radius 3 is 1.02 bits per heavy atom. The molecule has 0 radical (unpaired) electrons. The molecule has 0 aromatic carbocycles. The Balaban J connectivity index is 3.20. The number of carbonyl (C=O) groups is 3. The SMILES string of the molecule is CC(C)(C)OC(=O)CCCCCCCCCCCCCCCCCCC(=O)NCCOCCOCCOCCOCCOCCOCCNC(=O)CBr. The number of halogens is 1. The standard InChI is InChI=1S/C40H77BrN2O10/c1-40(2,3)53-39(46)21-19-17-15-13-11-9-7-5-4-6-8-10-12-14-16-18-20-37(44)42-22-24-47-26-28-49-30-32-51-34-35-52-33-31-50-29-27-48-25-23-43-38(45)36-41/h4-36H2,1-3H3,(H,42,44)(H,43,45). The van der Waals surface area contributed by atoms with Crippen LogP contribution in [0.3, 0.4) is 0 Å². The molecule has 0 spiro atoms. The molecule has 0 aliphatic carbocycles. The molecule has 53 heavy (non-hydrogen) atoms. The van der Waals surface area contributed by atoms with E-state index in [9.17, 15) is 14.4 Å². The van der Waals surface area contributed by atoms with E-state index in [1.807, 2.05) is 20.8 Å². The molecule has 0 saturated carbocycles. The van der Waals surface area contributed by atoms with Gasteiger partial charge in [-0.25, -0.2) is 0 Å². The summed E-state index contributed by atoms with van der Waals surface area (Å²) < 4.78 is 38.1. The normalized spacial score (nSPS) is 11.5. The van der Waals surface area contributed by atoms with Gasteiger partial charge in [-0.05, 0) is 33.6 Å². The van der Waals surface area contributed by atoms with Crippen LogP contribution >= 0.6 is 15.9 Å². The van der Waals surface area contributed by atoms with E-state index in [0.717, 1.165) is 25.7 Å². The van der Waals surface area contributed by atoms with E-state index in [1.54, 1.807) is 0 Å². The average molecular weight is 826 g/mol. The summed E-state index contributed by atoms with van der Waals surface area (Å²) in [4.78, 5) is 34.8. The van der Waals surface area contributed by atoms with Crippen molar-refractivity contribution in [2.24, 2.45) is 0 Å². The zero-order chi connectivity index (χ0) is 38.9. The third-order valence-corrected chi connectivity index (χ3v) is 8.58. The zero-order valence-corrected chi connectivity index (χ0v) is 35.4. The monoisotopic (exact) mass is 824 g/mol. The average Bonchev–Trinajstić information content (AvgIpc) is 3.12. The molecule has 314 valence electrons. The highest BCUT2D eigenvalue weighted by Gasteiger charge is 2.15. The lowest BCUT2D eigenvalue weighted by molar-refractivity contribution is -0.155. The van der Waals surface area contributed by atoms with E-state index in [1.165, 1.54) is 77.0 Å². The maximum atomic E-state index is 12.0. The third-order valence-electron chi connectivity index (χ3n) is 8.07. The molecule has 0 atom stereocenters. The lowest BCUT2D eigenvalue weighted by Crippen LogP contribution is -2.28. The van der Waals surface area contributed by atoms with Crippen molar-refractivity contribution in [3.63, 3.8) is 0 Å². The highest BCUT2D eigenvalue weighted by molar-refractivity contribution is 9.09. The summed E-state index contributed by atoms with van der Waals surface area (Å²) in [6, 6.07) is 0. The number of hydrogen-bond acceptors (Lipinski definition) is 10. The van der Waals surface area contributed by atoms with Crippen molar-refractivity contribution < 1.29 is 47.5 Å². The predicted octanol–water partition coefficient (Wildman–Crippen LogP) is 7.08. The molecule has 2 amide bonds. The van der Waals surface area contributed by atoms with Gasteiger partial charge < -0.3 is 43.8 Å². The van der Waals surface area contributed by atoms with E-state index in [0.29, 0.717) is 111 Å². The van der Waals surface area contributed by atoms with E-state index in [4.69, 9.17) is 33.2 Å². The molecular weight excluding hydrogens is 748 g/mol. The molecule has 0 rings (SSSR count). The number of rotatable bonds is 41. The summed E-state index contributed by atoms with van der Waals surface area (Å²) in [6.07, 6.45) is 20.9. The number of hydrogen-bond donors (Lipinski definition) is 2. The highest BCUT2D eigenvalue weighted by Crippen LogP contribution is 2.15. The van der Waals surface area contributed by atoms with Crippen LogP contribution in [0, 0.1) is 0 Å². The minimum Gasteiger partial charge on any atom is -0.460 e. The molecule has 0 saturated heterocycles. The molecular formula is C40H77BrN2O10. The number of ether oxygens (including phenoxy) is 7. The minimum absolute atomic E-state index is 0.0564. The molecule has 0 aliphatic heterocycles. The first-order chi connectivity index (χ1) is 25.7. The summed E-state index contributed by atoms with van der Waals surface area (Å²) in [6.45, 7) is 12.6. The summed E-state index contributed by atoms with van der Waals surface area (Å²) in [5, 5.41) is 5.93. The second-order valence-electron chi connectivity index (χ2n) is 14.3. The first kappa shape index (κ1) is 51.6. The maximum Gasteiger partial charge on any atom is 0.306 e. The van der Waals surface area contributed by atoms with Crippen molar-refractivity contribution in [1.29, 1.82) is 0 Å². The Kier molecular flexibility index (Phi) is 39.3. The Labute approximate surface area is 330 Å². The van der Waals surface area contributed by atoms with Crippen molar-refractivity contribution in [2.45, 2.75) is 142 Å². The van der Waals surface area contributed by atoms with Gasteiger partial charge in [-0.2, -0.15) is 0 Å². The Morgan fingerprint density at radius 2 is 0.698 bits per heavy atom. The van der Waals surface area contributed by atoms with Crippen LogP contribution in [-0.4, -0.2) is 121 Å². The first-order valence-corrected chi connectivity index (χ1v) is 21.6. The lowest BCUT2D eigenvalue weighted by Gasteiger charge is -2.19. The van der Waals surface area contributed by atoms with Gasteiger partial charge >= 0.3 is 5.97 Å². The van der Waals surface area contributed by atoms with Gasteiger partial charge in [-0.3, -0.25) is 14.4 Å². The van der Waals surface area contributed by atoms with Crippen LogP contribution in [0.1, 0.15) is 136 Å². The molecule has 0 fully saturated rings. The van der Waals surface area contributed by atoms with Crippen LogP contribution < -0.4 is 10.6 Å². The van der Waals surface area contributed by atoms with Gasteiger partial charge in [-0.1, -0.05) is 106 Å². The van der Waals surface area contributed by atoms with Gasteiger partial charge in [0.2, 0.25) is 11.8 Å². The largest absolute Gasteiger partial charge is 0.460 e. The number of unbranched alkanes of at least 4 members (excludes halogenated alkanes) is 15. The van der Waals surface area contributed by atoms with E-state index >= 15 is 0 Å². The van der Waals surface area contributed by atoms with Crippen molar-refractivity contribution in [2.75, 3.05) is 97.7 Å². The first-order valence-electron chi connectivity index (χ1n) is 20.5. The van der Waals surface area contributed by atoms with E-state index in [2.05, 4.69) is 26.6 Å². The van der Waals surface area contributed by atoms with E-state index < -0.39 is 0 Å². The van der Waals surface area contributed by atoms with Gasteiger partial charge in [0.25, 0.3) is 0 Å². The third kappa shape index (κ3) is 44.9. The van der Waals surface area contributed by atoms with Crippen LogP contribution in [0.5, 0.6) is 0 Å². The van der Waals surface area contributed by atoms with Crippen LogP contribution in [0.2, 0.25) is 0 Å². The van der Waals surface area contributed by atoms with Gasteiger partial charge in [0.05, 0.1) is 84.6 Å². The Hall–Kier alpha value is -1.35. The van der Waals surface area contributed by atoms with Crippen molar-refractivity contribution in [1.82, 2.24) is 10.6 Å². The lowest BCUT2D eigenvalue weighted by atomic mass is 10.0. The van der Waals surface area contributed by atoms with Crippen molar-refractivity contribution in [3.05, 3.63) is 0 Å². The van der Waals surface area contributed by atoms with Gasteiger partial charge in [0.15, 0.2) is 0 Å². The van der Waals surface area contributed by atoms with Gasteiger partial charge in [-0.15, -0.1) is 0 Å². The van der Waals surface area contributed by atoms with Gasteiger partial charge in [0, 0.05) is 25.9 Å². The predicted molar refractivity (Wildman–Crippen MR) is 214 cm³/mol. The van der Waals surface area contributed by atoms with Crippen LogP contribution in [0.4, 0.5) is 0 Å². The Morgan fingerprint density at radius 1 is 0.415 bits per heavy atom. The molecule has 13 heteroatoms. The molecule has 0 aliphatic rings.